The summed E-state index contributed by atoms with van der Waals surface area (Å²) in [6.07, 6.45) is 4.67. The topological polar surface area (TPSA) is 60.0 Å². The largest absolute Gasteiger partial charge is 0.357 e. The Bertz CT molecular complexity index is 382. The van der Waals surface area contributed by atoms with Gasteiger partial charge in [-0.3, -0.25) is 14.7 Å². The van der Waals surface area contributed by atoms with E-state index >= 15 is 0 Å². The molecule has 0 aromatic heterocycles. The van der Waals surface area contributed by atoms with Crippen molar-refractivity contribution in [1.29, 1.82) is 0 Å². The van der Waals surface area contributed by atoms with Crippen molar-refractivity contribution in [2.75, 3.05) is 52.4 Å². The number of guanidine groups is 1. The minimum atomic E-state index is 0. The van der Waals surface area contributed by atoms with Crippen LogP contribution in [0.25, 0.3) is 0 Å². The summed E-state index contributed by atoms with van der Waals surface area (Å²) in [7, 11) is 0. The molecule has 1 heterocycles. The highest BCUT2D eigenvalue weighted by molar-refractivity contribution is 14.0. The molecule has 24 heavy (non-hydrogen) atoms. The van der Waals surface area contributed by atoms with Gasteiger partial charge in [0.2, 0.25) is 5.91 Å². The molecular weight excluding hydrogens is 417 g/mol. The van der Waals surface area contributed by atoms with Crippen molar-refractivity contribution in [3.05, 3.63) is 0 Å². The first kappa shape index (κ1) is 21.5. The van der Waals surface area contributed by atoms with Gasteiger partial charge >= 0.3 is 0 Å². The molecule has 140 valence electrons. The van der Waals surface area contributed by atoms with Crippen molar-refractivity contribution < 1.29 is 4.79 Å². The van der Waals surface area contributed by atoms with Crippen LogP contribution in [-0.4, -0.2) is 74.0 Å². The maximum Gasteiger partial charge on any atom is 0.225 e. The maximum atomic E-state index is 12.4. The van der Waals surface area contributed by atoms with Gasteiger partial charge in [0.25, 0.3) is 0 Å². The fourth-order valence-corrected chi connectivity index (χ4v) is 3.44. The first-order chi connectivity index (χ1) is 11.2. The molecule has 0 radical (unpaired) electrons. The second-order valence-electron chi connectivity index (χ2n) is 6.44. The third kappa shape index (κ3) is 6.74. The van der Waals surface area contributed by atoms with Crippen molar-refractivity contribution in [3.8, 4) is 0 Å². The SMILES string of the molecule is CCNC(=NCCN1CCN(C(=O)C2CCCC2)CC1)NCC.I. The Balaban J connectivity index is 0.00000288. The number of amides is 1. The molecule has 2 rings (SSSR count). The van der Waals surface area contributed by atoms with E-state index in [0.717, 1.165) is 71.2 Å². The van der Waals surface area contributed by atoms with E-state index in [4.69, 9.17) is 0 Å². The quantitative estimate of drug-likeness (QED) is 0.365. The van der Waals surface area contributed by atoms with Crippen LogP contribution in [-0.2, 0) is 4.79 Å². The van der Waals surface area contributed by atoms with Crippen LogP contribution in [0.4, 0.5) is 0 Å². The Morgan fingerprint density at radius 3 is 2.17 bits per heavy atom. The van der Waals surface area contributed by atoms with Gasteiger partial charge in [-0.05, 0) is 26.7 Å². The van der Waals surface area contributed by atoms with Gasteiger partial charge in [0, 0.05) is 51.7 Å². The number of piperazine rings is 1. The van der Waals surface area contributed by atoms with E-state index in [2.05, 4.69) is 39.3 Å². The van der Waals surface area contributed by atoms with Crippen LogP contribution in [0.3, 0.4) is 0 Å². The minimum absolute atomic E-state index is 0. The third-order valence-electron chi connectivity index (χ3n) is 4.76. The molecule has 1 aliphatic heterocycles. The van der Waals surface area contributed by atoms with E-state index in [1.807, 2.05) is 0 Å². The van der Waals surface area contributed by atoms with Crippen molar-refractivity contribution in [2.45, 2.75) is 39.5 Å². The van der Waals surface area contributed by atoms with Crippen molar-refractivity contribution >= 4 is 35.8 Å². The van der Waals surface area contributed by atoms with Crippen LogP contribution in [0, 0.1) is 5.92 Å². The highest BCUT2D eigenvalue weighted by Crippen LogP contribution is 2.26. The third-order valence-corrected chi connectivity index (χ3v) is 4.76. The number of nitrogens with zero attached hydrogens (tertiary/aromatic N) is 3. The first-order valence-electron chi connectivity index (χ1n) is 9.28. The summed E-state index contributed by atoms with van der Waals surface area (Å²) >= 11 is 0. The summed E-state index contributed by atoms with van der Waals surface area (Å²) in [5.74, 6) is 1.61. The average Bonchev–Trinajstić information content (AvgIpc) is 3.10. The van der Waals surface area contributed by atoms with Gasteiger partial charge in [0.1, 0.15) is 0 Å². The zero-order chi connectivity index (χ0) is 16.5. The summed E-state index contributed by atoms with van der Waals surface area (Å²) in [5, 5.41) is 6.48. The van der Waals surface area contributed by atoms with E-state index in [0.29, 0.717) is 11.8 Å². The summed E-state index contributed by atoms with van der Waals surface area (Å²) in [4.78, 5) is 21.5. The lowest BCUT2D eigenvalue weighted by atomic mass is 10.1. The van der Waals surface area contributed by atoms with E-state index in [9.17, 15) is 4.79 Å². The van der Waals surface area contributed by atoms with Crippen LogP contribution < -0.4 is 10.6 Å². The van der Waals surface area contributed by atoms with Gasteiger partial charge in [-0.15, -0.1) is 24.0 Å². The van der Waals surface area contributed by atoms with Crippen molar-refractivity contribution in [2.24, 2.45) is 10.9 Å². The molecular formula is C17H34IN5O. The number of halogens is 1. The Hall–Kier alpha value is -0.570. The summed E-state index contributed by atoms with van der Waals surface area (Å²) < 4.78 is 0. The Morgan fingerprint density at radius 1 is 1.04 bits per heavy atom. The lowest BCUT2D eigenvalue weighted by molar-refractivity contribution is -0.137. The molecule has 0 unspecified atom stereocenters. The average molecular weight is 451 g/mol. The molecule has 0 atom stereocenters. The number of nitrogens with one attached hydrogen (secondary N) is 2. The number of rotatable bonds is 6. The van der Waals surface area contributed by atoms with Gasteiger partial charge < -0.3 is 15.5 Å². The predicted octanol–water partition coefficient (Wildman–Crippen LogP) is 1.51. The molecule has 0 aromatic carbocycles. The molecule has 0 bridgehead atoms. The second-order valence-corrected chi connectivity index (χ2v) is 6.44. The number of hydrogen-bond donors (Lipinski definition) is 2. The van der Waals surface area contributed by atoms with Crippen LogP contribution in [0.2, 0.25) is 0 Å². The lowest BCUT2D eigenvalue weighted by Gasteiger charge is -2.35. The molecule has 2 N–H and O–H groups in total. The highest BCUT2D eigenvalue weighted by Gasteiger charge is 2.29. The Kier molecular flexibility index (Phi) is 10.6. The van der Waals surface area contributed by atoms with Gasteiger partial charge in [0.15, 0.2) is 5.96 Å². The predicted molar refractivity (Wildman–Crippen MR) is 110 cm³/mol. The van der Waals surface area contributed by atoms with E-state index in [-0.39, 0.29) is 24.0 Å². The van der Waals surface area contributed by atoms with Gasteiger partial charge in [-0.2, -0.15) is 0 Å². The lowest BCUT2D eigenvalue weighted by Crippen LogP contribution is -2.50. The molecule has 1 aliphatic carbocycles. The number of hydrogen-bond acceptors (Lipinski definition) is 3. The summed E-state index contributed by atoms with van der Waals surface area (Å²) in [6.45, 7) is 11.4. The second kappa shape index (κ2) is 11.9. The number of aliphatic imine (C=N–C) groups is 1. The molecule has 2 fully saturated rings. The van der Waals surface area contributed by atoms with Gasteiger partial charge in [-0.1, -0.05) is 12.8 Å². The molecule has 1 amide bonds. The molecule has 2 aliphatic rings. The van der Waals surface area contributed by atoms with Crippen molar-refractivity contribution in [1.82, 2.24) is 20.4 Å². The molecule has 1 saturated heterocycles. The van der Waals surface area contributed by atoms with E-state index in [1.54, 1.807) is 0 Å². The molecule has 0 spiro atoms. The van der Waals surface area contributed by atoms with Crippen molar-refractivity contribution in [3.63, 3.8) is 0 Å². The highest BCUT2D eigenvalue weighted by atomic mass is 127. The van der Waals surface area contributed by atoms with Crippen LogP contribution in [0.15, 0.2) is 4.99 Å². The molecule has 0 aromatic rings. The Labute approximate surface area is 163 Å². The van der Waals surface area contributed by atoms with Crippen LogP contribution >= 0.6 is 24.0 Å². The smallest absolute Gasteiger partial charge is 0.225 e. The summed E-state index contributed by atoms with van der Waals surface area (Å²) in [5.41, 5.74) is 0. The monoisotopic (exact) mass is 451 g/mol. The fraction of sp³-hybridized carbons (Fsp3) is 0.882. The number of carbonyl (C=O) groups is 1. The molecule has 6 nitrogen and oxygen atoms in total. The van der Waals surface area contributed by atoms with Gasteiger partial charge in [-0.25, -0.2) is 0 Å². The normalized spacial score (nSPS) is 18.8. The number of carbonyl (C=O) groups excluding carboxylic acids is 1. The van der Waals surface area contributed by atoms with Gasteiger partial charge in [0.05, 0.1) is 6.54 Å². The first-order valence-corrected chi connectivity index (χ1v) is 9.28. The minimum Gasteiger partial charge on any atom is -0.357 e. The molecule has 7 heteroatoms. The zero-order valence-electron chi connectivity index (χ0n) is 15.2. The standard InChI is InChI=1S/C17H33N5O.HI/c1-3-18-17(19-4-2)20-9-10-21-11-13-22(14-12-21)16(23)15-7-5-6-8-15;/h15H,3-14H2,1-2H3,(H2,18,19,20);1H. The van der Waals surface area contributed by atoms with E-state index in [1.165, 1.54) is 12.8 Å². The van der Waals surface area contributed by atoms with Crippen LogP contribution in [0.1, 0.15) is 39.5 Å². The maximum absolute atomic E-state index is 12.4. The summed E-state index contributed by atoms with van der Waals surface area (Å²) in [6, 6.07) is 0. The Morgan fingerprint density at radius 2 is 1.62 bits per heavy atom. The fourth-order valence-electron chi connectivity index (χ4n) is 3.44. The van der Waals surface area contributed by atoms with Crippen LogP contribution in [0.5, 0.6) is 0 Å². The van der Waals surface area contributed by atoms with E-state index < -0.39 is 0 Å². The molecule has 1 saturated carbocycles. The zero-order valence-corrected chi connectivity index (χ0v) is 17.6.